The summed E-state index contributed by atoms with van der Waals surface area (Å²) in [7, 11) is 0. The summed E-state index contributed by atoms with van der Waals surface area (Å²) in [6.07, 6.45) is -4.79. The van der Waals surface area contributed by atoms with E-state index in [-0.39, 0.29) is 16.6 Å². The third-order valence-corrected chi connectivity index (χ3v) is 3.93. The van der Waals surface area contributed by atoms with Crippen molar-refractivity contribution in [1.29, 1.82) is 10.7 Å². The zero-order valence-electron chi connectivity index (χ0n) is 13.2. The molecule has 136 valence electrons. The molecule has 1 aromatic heterocycles. The fourth-order valence-electron chi connectivity index (χ4n) is 1.85. The normalized spacial score (nSPS) is 12.3. The molecule has 2 aromatic rings. The Morgan fingerprint density at radius 2 is 2.08 bits per heavy atom. The van der Waals surface area contributed by atoms with Crippen LogP contribution in [0.2, 0.25) is 0 Å². The van der Waals surface area contributed by atoms with Crippen molar-refractivity contribution < 1.29 is 22.7 Å². The van der Waals surface area contributed by atoms with Gasteiger partial charge in [-0.05, 0) is 41.6 Å². The third-order valence-electron chi connectivity index (χ3n) is 2.98. The molecule has 2 rings (SSSR count). The number of alkyl halides is 3. The lowest BCUT2D eigenvalue weighted by Gasteiger charge is -2.09. The molecule has 0 bridgehead atoms. The van der Waals surface area contributed by atoms with Gasteiger partial charge in [0.05, 0.1) is 17.5 Å². The largest absolute Gasteiger partial charge is 0.573 e. The van der Waals surface area contributed by atoms with Gasteiger partial charge in [0.25, 0.3) is 0 Å². The summed E-state index contributed by atoms with van der Waals surface area (Å²) in [6, 6.07) is 6.61. The van der Waals surface area contributed by atoms with E-state index in [2.05, 4.69) is 20.3 Å². The van der Waals surface area contributed by atoms with Crippen molar-refractivity contribution in [3.63, 3.8) is 0 Å². The van der Waals surface area contributed by atoms with Crippen molar-refractivity contribution in [3.05, 3.63) is 24.3 Å². The molecule has 0 aliphatic heterocycles. The van der Waals surface area contributed by atoms with Crippen LogP contribution in [0.25, 0.3) is 5.69 Å². The van der Waals surface area contributed by atoms with Crippen LogP contribution in [0.5, 0.6) is 5.75 Å². The Kier molecular flexibility index (Phi) is 5.93. The molecule has 0 saturated carbocycles. The van der Waals surface area contributed by atoms with Crippen molar-refractivity contribution in [1.82, 2.24) is 20.2 Å². The number of hydrogen-bond acceptors (Lipinski definition) is 8. The highest BCUT2D eigenvalue weighted by molar-refractivity contribution is 7.99. The number of tetrazole rings is 1. The van der Waals surface area contributed by atoms with Crippen LogP contribution >= 0.6 is 11.8 Å². The first-order chi connectivity index (χ1) is 12.2. The highest BCUT2D eigenvalue weighted by atomic mass is 32.2. The van der Waals surface area contributed by atoms with E-state index >= 15 is 0 Å². The minimum atomic E-state index is -4.79. The van der Waals surface area contributed by atoms with E-state index in [1.54, 1.807) is 6.07 Å². The molecule has 0 amide bonds. The maximum Gasteiger partial charge on any atom is 0.573 e. The number of carbonyl (C=O) groups is 1. The number of carbonyl (C=O) groups excluding carboxylic acids is 1. The lowest BCUT2D eigenvalue weighted by molar-refractivity contribution is -0.274. The number of ether oxygens (including phenoxy) is 1. The number of aromatic nitrogens is 4. The van der Waals surface area contributed by atoms with Gasteiger partial charge in [-0.1, -0.05) is 11.8 Å². The Hall–Kier alpha value is -2.94. The minimum absolute atomic E-state index is 0.0575. The van der Waals surface area contributed by atoms with Crippen LogP contribution in [-0.4, -0.2) is 43.8 Å². The smallest absolute Gasteiger partial charge is 0.406 e. The lowest BCUT2D eigenvalue weighted by Crippen LogP contribution is -2.21. The van der Waals surface area contributed by atoms with E-state index in [0.717, 1.165) is 23.9 Å². The Balaban J connectivity index is 2.10. The van der Waals surface area contributed by atoms with E-state index in [9.17, 15) is 18.0 Å². The highest BCUT2D eigenvalue weighted by Crippen LogP contribution is 2.25. The molecule has 0 fully saturated rings. The predicted molar refractivity (Wildman–Crippen MR) is 84.1 cm³/mol. The minimum Gasteiger partial charge on any atom is -0.406 e. The average molecular weight is 384 g/mol. The van der Waals surface area contributed by atoms with Gasteiger partial charge in [0.2, 0.25) is 5.16 Å². The van der Waals surface area contributed by atoms with Crippen molar-refractivity contribution in [3.8, 4) is 17.5 Å². The molecule has 1 unspecified atom stereocenters. The molecule has 0 saturated heterocycles. The second-order valence-corrected chi connectivity index (χ2v) is 5.86. The maximum absolute atomic E-state index is 12.2. The SMILES string of the molecule is CC(=N)C(C#N)C(=O)CSc1nnnn1-c1ccc(OC(F)(F)F)cc1. The molecule has 0 spiro atoms. The summed E-state index contributed by atoms with van der Waals surface area (Å²) in [4.78, 5) is 12.0. The number of halogens is 3. The van der Waals surface area contributed by atoms with Gasteiger partial charge in [-0.15, -0.1) is 18.3 Å². The monoisotopic (exact) mass is 384 g/mol. The van der Waals surface area contributed by atoms with Crippen LogP contribution in [0.15, 0.2) is 29.4 Å². The summed E-state index contributed by atoms with van der Waals surface area (Å²) in [5.41, 5.74) is 0.303. The molecule has 8 nitrogen and oxygen atoms in total. The van der Waals surface area contributed by atoms with E-state index in [1.807, 2.05) is 0 Å². The number of benzene rings is 1. The molecule has 1 N–H and O–H groups in total. The van der Waals surface area contributed by atoms with E-state index < -0.39 is 23.8 Å². The molecule has 12 heteroatoms. The number of Topliss-reactive ketones (excluding diaryl/α,β-unsaturated/α-hetero) is 1. The Bertz CT molecular complexity index is 844. The van der Waals surface area contributed by atoms with Crippen molar-refractivity contribution in [2.45, 2.75) is 18.4 Å². The molecular weight excluding hydrogens is 373 g/mol. The molecule has 0 aliphatic carbocycles. The number of hydrogen-bond donors (Lipinski definition) is 1. The fourth-order valence-corrected chi connectivity index (χ4v) is 2.65. The molecule has 1 heterocycles. The van der Waals surface area contributed by atoms with Crippen molar-refractivity contribution in [2.24, 2.45) is 5.92 Å². The van der Waals surface area contributed by atoms with Crippen molar-refractivity contribution in [2.75, 3.05) is 5.75 Å². The van der Waals surface area contributed by atoms with E-state index in [1.165, 1.54) is 23.7 Å². The Labute approximate surface area is 149 Å². The van der Waals surface area contributed by atoms with Gasteiger partial charge in [-0.2, -0.15) is 9.94 Å². The van der Waals surface area contributed by atoms with Crippen LogP contribution in [0.4, 0.5) is 13.2 Å². The standard InChI is InChI=1S/C14H11F3N6O2S/c1-8(19)11(6-18)12(24)7-26-13-20-21-22-23(13)9-2-4-10(5-3-9)25-14(15,16)17/h2-5,11,19H,7H2,1H3. The summed E-state index contributed by atoms with van der Waals surface area (Å²) < 4.78 is 41.5. The number of nitriles is 1. The van der Waals surface area contributed by atoms with Crippen LogP contribution in [0.1, 0.15) is 6.92 Å². The van der Waals surface area contributed by atoms with Gasteiger partial charge in [0.1, 0.15) is 11.7 Å². The first-order valence-corrected chi connectivity index (χ1v) is 7.94. The summed E-state index contributed by atoms with van der Waals surface area (Å²) in [5, 5.41) is 27.5. The second kappa shape index (κ2) is 7.96. The average Bonchev–Trinajstić information content (AvgIpc) is 3.01. The van der Waals surface area contributed by atoms with Gasteiger partial charge in [0.15, 0.2) is 5.78 Å². The van der Waals surface area contributed by atoms with Gasteiger partial charge in [-0.25, -0.2) is 0 Å². The maximum atomic E-state index is 12.2. The van der Waals surface area contributed by atoms with Crippen LogP contribution in [-0.2, 0) is 4.79 Å². The van der Waals surface area contributed by atoms with Crippen LogP contribution in [0.3, 0.4) is 0 Å². The molecule has 1 aromatic carbocycles. The zero-order chi connectivity index (χ0) is 19.3. The number of thioether (sulfide) groups is 1. The van der Waals surface area contributed by atoms with Gasteiger partial charge in [-0.3, -0.25) is 4.79 Å². The molecular formula is C14H11F3N6O2S. The number of nitrogens with zero attached hydrogens (tertiary/aromatic N) is 5. The lowest BCUT2D eigenvalue weighted by atomic mass is 10.0. The van der Waals surface area contributed by atoms with Gasteiger partial charge >= 0.3 is 6.36 Å². The van der Waals surface area contributed by atoms with Crippen molar-refractivity contribution >= 4 is 23.3 Å². The number of ketones is 1. The quantitative estimate of drug-likeness (QED) is 0.575. The fraction of sp³-hybridized carbons (Fsp3) is 0.286. The molecule has 0 radical (unpaired) electrons. The first kappa shape index (κ1) is 19.4. The summed E-state index contributed by atoms with van der Waals surface area (Å²) in [5.74, 6) is -2.12. The summed E-state index contributed by atoms with van der Waals surface area (Å²) >= 11 is 0.950. The molecule has 0 aliphatic rings. The van der Waals surface area contributed by atoms with E-state index in [4.69, 9.17) is 10.7 Å². The van der Waals surface area contributed by atoms with Gasteiger partial charge < -0.3 is 10.1 Å². The van der Waals surface area contributed by atoms with Crippen LogP contribution < -0.4 is 4.74 Å². The Morgan fingerprint density at radius 3 is 2.62 bits per heavy atom. The molecule has 26 heavy (non-hydrogen) atoms. The number of nitrogens with one attached hydrogen (secondary N) is 1. The van der Waals surface area contributed by atoms with Gasteiger partial charge in [0, 0.05) is 5.71 Å². The first-order valence-electron chi connectivity index (χ1n) is 6.96. The highest BCUT2D eigenvalue weighted by Gasteiger charge is 2.31. The summed E-state index contributed by atoms with van der Waals surface area (Å²) in [6.45, 7) is 1.37. The number of rotatable bonds is 7. The zero-order valence-corrected chi connectivity index (χ0v) is 14.0. The Morgan fingerprint density at radius 1 is 1.42 bits per heavy atom. The topological polar surface area (TPSA) is 118 Å². The second-order valence-electron chi connectivity index (χ2n) is 4.92. The van der Waals surface area contributed by atoms with E-state index in [0.29, 0.717) is 5.69 Å². The van der Waals surface area contributed by atoms with Crippen LogP contribution in [0, 0.1) is 22.7 Å². The third kappa shape index (κ3) is 5.03. The molecule has 1 atom stereocenters. The predicted octanol–water partition coefficient (Wildman–Crippen LogP) is 2.40.